The Balaban J connectivity index is 1.75. The zero-order chi connectivity index (χ0) is 21.6. The number of phenols is 1. The Morgan fingerprint density at radius 2 is 1.93 bits per heavy atom. The Bertz CT molecular complexity index is 1110. The van der Waals surface area contributed by atoms with Gasteiger partial charge in [-0.25, -0.2) is 4.98 Å². The van der Waals surface area contributed by atoms with Gasteiger partial charge in [0.2, 0.25) is 5.91 Å². The minimum absolute atomic E-state index is 0.0211. The first kappa shape index (κ1) is 21.5. The van der Waals surface area contributed by atoms with E-state index in [0.29, 0.717) is 26.7 Å². The fourth-order valence-corrected chi connectivity index (χ4v) is 6.43. The maximum absolute atomic E-state index is 12.7. The number of thiazole rings is 1. The molecule has 2 aromatic carbocycles. The molecule has 156 valence electrons. The van der Waals surface area contributed by atoms with Crippen molar-refractivity contribution in [2.45, 2.75) is 32.1 Å². The molecule has 2 heterocycles. The van der Waals surface area contributed by atoms with Gasteiger partial charge >= 0.3 is 0 Å². The molecule has 0 radical (unpaired) electrons. The summed E-state index contributed by atoms with van der Waals surface area (Å²) in [6.07, 6.45) is 0. The number of hydrogen-bond donors (Lipinski definition) is 1. The third-order valence-electron chi connectivity index (χ3n) is 5.08. The zero-order valence-corrected chi connectivity index (χ0v) is 19.8. The summed E-state index contributed by atoms with van der Waals surface area (Å²) in [5.41, 5.74) is 4.27. The van der Waals surface area contributed by atoms with Crippen LogP contribution in [0.25, 0.3) is 11.3 Å². The summed E-state index contributed by atoms with van der Waals surface area (Å²) in [5.74, 6) is 0.802. The number of thioether (sulfide) groups is 1. The van der Waals surface area contributed by atoms with E-state index in [1.54, 1.807) is 29.2 Å². The lowest BCUT2D eigenvalue weighted by atomic mass is 9.95. The number of anilines is 1. The SMILES string of the molecule is Cc1cc(O)c(C(C)C)cc1-c1csc(N2C(=O)CSC2c2c(Cl)cccc2Cl)n1. The highest BCUT2D eigenvalue weighted by molar-refractivity contribution is 8.00. The van der Waals surface area contributed by atoms with E-state index in [1.165, 1.54) is 23.1 Å². The molecule has 0 bridgehead atoms. The predicted octanol–water partition coefficient (Wildman–Crippen LogP) is 7.03. The van der Waals surface area contributed by atoms with E-state index in [1.807, 2.05) is 32.2 Å². The number of carbonyl (C=O) groups is 1. The molecule has 1 saturated heterocycles. The fourth-order valence-electron chi connectivity index (χ4n) is 3.54. The van der Waals surface area contributed by atoms with Gasteiger partial charge in [-0.2, -0.15) is 0 Å². The second-order valence-corrected chi connectivity index (χ2v) is 10.2. The zero-order valence-electron chi connectivity index (χ0n) is 16.6. The van der Waals surface area contributed by atoms with Crippen molar-refractivity contribution >= 4 is 57.3 Å². The van der Waals surface area contributed by atoms with E-state index in [-0.39, 0.29) is 17.2 Å². The first-order chi connectivity index (χ1) is 14.3. The average molecular weight is 479 g/mol. The smallest absolute Gasteiger partial charge is 0.240 e. The van der Waals surface area contributed by atoms with Crippen LogP contribution in [-0.2, 0) is 4.79 Å². The molecule has 1 aromatic heterocycles. The van der Waals surface area contributed by atoms with E-state index in [4.69, 9.17) is 28.2 Å². The molecule has 1 aliphatic heterocycles. The Morgan fingerprint density at radius 1 is 1.23 bits per heavy atom. The van der Waals surface area contributed by atoms with Crippen LogP contribution in [0.5, 0.6) is 5.75 Å². The third kappa shape index (κ3) is 3.82. The van der Waals surface area contributed by atoms with Crippen LogP contribution < -0.4 is 4.90 Å². The van der Waals surface area contributed by atoms with E-state index >= 15 is 0 Å². The molecular weight excluding hydrogens is 459 g/mol. The van der Waals surface area contributed by atoms with Crippen LogP contribution in [0.2, 0.25) is 10.0 Å². The molecule has 0 aliphatic carbocycles. The van der Waals surface area contributed by atoms with Crippen molar-refractivity contribution in [1.29, 1.82) is 0 Å². The van der Waals surface area contributed by atoms with Crippen LogP contribution in [0, 0.1) is 6.92 Å². The Morgan fingerprint density at radius 3 is 2.60 bits per heavy atom. The Hall–Kier alpha value is -1.73. The first-order valence-electron chi connectivity index (χ1n) is 9.45. The normalized spacial score (nSPS) is 16.7. The lowest BCUT2D eigenvalue weighted by Crippen LogP contribution is -2.28. The topological polar surface area (TPSA) is 53.4 Å². The lowest BCUT2D eigenvalue weighted by Gasteiger charge is -2.23. The van der Waals surface area contributed by atoms with Gasteiger partial charge in [-0.3, -0.25) is 9.69 Å². The largest absolute Gasteiger partial charge is 0.508 e. The first-order valence-corrected chi connectivity index (χ1v) is 12.1. The van der Waals surface area contributed by atoms with Crippen molar-refractivity contribution in [2.24, 2.45) is 0 Å². The maximum Gasteiger partial charge on any atom is 0.240 e. The summed E-state index contributed by atoms with van der Waals surface area (Å²) in [4.78, 5) is 19.2. The van der Waals surface area contributed by atoms with Crippen LogP contribution in [0.4, 0.5) is 5.13 Å². The molecule has 4 rings (SSSR count). The highest BCUT2D eigenvalue weighted by Gasteiger charge is 2.38. The number of nitrogens with zero attached hydrogens (tertiary/aromatic N) is 2. The van der Waals surface area contributed by atoms with E-state index in [2.05, 4.69) is 0 Å². The summed E-state index contributed by atoms with van der Waals surface area (Å²) in [7, 11) is 0. The van der Waals surface area contributed by atoms with Crippen molar-refractivity contribution in [3.63, 3.8) is 0 Å². The van der Waals surface area contributed by atoms with Gasteiger partial charge in [0.25, 0.3) is 0 Å². The van der Waals surface area contributed by atoms with Gasteiger partial charge < -0.3 is 5.11 Å². The van der Waals surface area contributed by atoms with Gasteiger partial charge in [0, 0.05) is 26.6 Å². The third-order valence-corrected chi connectivity index (χ3v) is 7.76. The van der Waals surface area contributed by atoms with Gasteiger partial charge in [-0.05, 0) is 48.2 Å². The molecule has 1 fully saturated rings. The van der Waals surface area contributed by atoms with Crippen molar-refractivity contribution in [3.8, 4) is 17.0 Å². The van der Waals surface area contributed by atoms with Crippen LogP contribution in [0.15, 0.2) is 35.7 Å². The molecule has 8 heteroatoms. The fraction of sp³-hybridized carbons (Fsp3) is 0.273. The average Bonchev–Trinajstić information content (AvgIpc) is 3.28. The molecule has 1 amide bonds. The van der Waals surface area contributed by atoms with E-state index in [0.717, 1.165) is 27.9 Å². The van der Waals surface area contributed by atoms with E-state index < -0.39 is 0 Å². The highest BCUT2D eigenvalue weighted by atomic mass is 35.5. The van der Waals surface area contributed by atoms with Gasteiger partial charge in [0.15, 0.2) is 5.13 Å². The predicted molar refractivity (Wildman–Crippen MR) is 127 cm³/mol. The number of carbonyl (C=O) groups excluding carboxylic acids is 1. The summed E-state index contributed by atoms with van der Waals surface area (Å²) in [6.45, 7) is 6.03. The number of phenolic OH excluding ortho intramolecular Hbond substituents is 1. The number of aromatic nitrogens is 1. The van der Waals surface area contributed by atoms with Crippen LogP contribution in [0.1, 0.15) is 41.8 Å². The molecule has 3 aromatic rings. The number of aromatic hydroxyl groups is 1. The number of rotatable bonds is 4. The number of benzene rings is 2. The number of amides is 1. The summed E-state index contributed by atoms with van der Waals surface area (Å²) in [5, 5.41) is 13.6. The molecule has 0 saturated carbocycles. The van der Waals surface area contributed by atoms with Crippen molar-refractivity contribution in [3.05, 3.63) is 62.4 Å². The number of halogens is 2. The van der Waals surface area contributed by atoms with Crippen molar-refractivity contribution < 1.29 is 9.90 Å². The Labute approximate surface area is 193 Å². The van der Waals surface area contributed by atoms with Crippen molar-refractivity contribution in [1.82, 2.24) is 4.98 Å². The van der Waals surface area contributed by atoms with Gasteiger partial charge in [0.05, 0.1) is 11.4 Å². The number of hydrogen-bond acceptors (Lipinski definition) is 5. The maximum atomic E-state index is 12.7. The summed E-state index contributed by atoms with van der Waals surface area (Å²) in [6, 6.07) is 9.11. The van der Waals surface area contributed by atoms with Gasteiger partial charge in [0.1, 0.15) is 11.1 Å². The molecule has 30 heavy (non-hydrogen) atoms. The molecule has 0 spiro atoms. The van der Waals surface area contributed by atoms with Crippen LogP contribution >= 0.6 is 46.3 Å². The molecule has 4 nitrogen and oxygen atoms in total. The second-order valence-electron chi connectivity index (χ2n) is 7.46. The summed E-state index contributed by atoms with van der Waals surface area (Å²) < 4.78 is 0. The van der Waals surface area contributed by atoms with E-state index in [9.17, 15) is 9.90 Å². The molecule has 1 unspecified atom stereocenters. The molecule has 1 atom stereocenters. The van der Waals surface area contributed by atoms with Gasteiger partial charge in [-0.1, -0.05) is 43.1 Å². The standard InChI is InChI=1S/C22H20Cl2N2O2S2/c1-11(2)13-8-14(12(3)7-18(13)27)17-9-30-22(25-17)26-19(28)10-29-21(26)20-15(23)5-4-6-16(20)24/h4-9,11,21,27H,10H2,1-3H3. The Kier molecular flexibility index (Phi) is 6.04. The molecular formula is C22H20Cl2N2O2S2. The van der Waals surface area contributed by atoms with Crippen LogP contribution in [0.3, 0.4) is 0 Å². The monoisotopic (exact) mass is 478 g/mol. The van der Waals surface area contributed by atoms with Gasteiger partial charge in [-0.15, -0.1) is 23.1 Å². The lowest BCUT2D eigenvalue weighted by molar-refractivity contribution is -0.115. The molecule has 1 aliphatic rings. The number of aryl methyl sites for hydroxylation is 1. The van der Waals surface area contributed by atoms with Crippen LogP contribution in [-0.4, -0.2) is 21.8 Å². The van der Waals surface area contributed by atoms with Crippen molar-refractivity contribution in [2.75, 3.05) is 10.7 Å². The minimum atomic E-state index is -0.315. The second kappa shape index (κ2) is 8.42. The minimum Gasteiger partial charge on any atom is -0.508 e. The quantitative estimate of drug-likeness (QED) is 0.436. The highest BCUT2D eigenvalue weighted by Crippen LogP contribution is 2.47. The summed E-state index contributed by atoms with van der Waals surface area (Å²) >= 11 is 15.7. The molecule has 1 N–H and O–H groups in total.